The summed E-state index contributed by atoms with van der Waals surface area (Å²) in [4.78, 5) is 10.8. The third-order valence-electron chi connectivity index (χ3n) is 10.6. The molecule has 0 aliphatic carbocycles. The molecule has 54 heavy (non-hydrogen) atoms. The van der Waals surface area contributed by atoms with Crippen LogP contribution in [0.25, 0.3) is 76.9 Å². The van der Waals surface area contributed by atoms with Crippen LogP contribution >= 0.6 is 0 Å². The molecular formula is C49H31N3O2. The minimum absolute atomic E-state index is 0.583. The van der Waals surface area contributed by atoms with Gasteiger partial charge in [0, 0.05) is 32.7 Å². The topological polar surface area (TPSA) is 63.0 Å². The van der Waals surface area contributed by atoms with Crippen molar-refractivity contribution < 1.29 is 8.83 Å². The Kier molecular flexibility index (Phi) is 6.85. The molecule has 1 unspecified atom stereocenters. The van der Waals surface area contributed by atoms with E-state index in [4.69, 9.17) is 18.8 Å². The highest BCUT2D eigenvalue weighted by molar-refractivity contribution is 6.21. The molecule has 11 rings (SSSR count). The minimum Gasteiger partial charge on any atom is -0.456 e. The van der Waals surface area contributed by atoms with E-state index in [0.717, 1.165) is 83.1 Å². The van der Waals surface area contributed by atoms with Crippen molar-refractivity contribution in [2.24, 2.45) is 9.98 Å². The van der Waals surface area contributed by atoms with Crippen LogP contribution in [0.2, 0.25) is 0 Å². The van der Waals surface area contributed by atoms with E-state index < -0.39 is 6.17 Å². The summed E-state index contributed by atoms with van der Waals surface area (Å²) >= 11 is 0. The number of hydrogen-bond acceptors (Lipinski definition) is 5. The van der Waals surface area contributed by atoms with Crippen LogP contribution in [-0.2, 0) is 0 Å². The maximum atomic E-state index is 6.54. The van der Waals surface area contributed by atoms with E-state index in [0.29, 0.717) is 5.84 Å². The summed E-state index contributed by atoms with van der Waals surface area (Å²) in [6.07, 6.45) is -0.583. The number of rotatable bonds is 5. The van der Waals surface area contributed by atoms with Crippen molar-refractivity contribution in [1.82, 2.24) is 5.32 Å². The summed E-state index contributed by atoms with van der Waals surface area (Å²) in [5, 5.41) is 10.3. The molecule has 3 heterocycles. The first-order valence-electron chi connectivity index (χ1n) is 18.2. The van der Waals surface area contributed by atoms with Gasteiger partial charge in [-0.3, -0.25) is 0 Å². The zero-order valence-electron chi connectivity index (χ0n) is 29.0. The second-order valence-corrected chi connectivity index (χ2v) is 13.7. The number of aliphatic imine (C=N–C) groups is 2. The third-order valence-corrected chi connectivity index (χ3v) is 10.6. The fraction of sp³-hybridized carbons (Fsp3) is 0.0204. The molecule has 0 spiro atoms. The molecule has 254 valence electrons. The largest absolute Gasteiger partial charge is 0.456 e. The average Bonchev–Trinajstić information content (AvgIpc) is 3.82. The van der Waals surface area contributed by atoms with Gasteiger partial charge in [-0.15, -0.1) is 0 Å². The molecule has 0 radical (unpaired) electrons. The van der Waals surface area contributed by atoms with E-state index in [1.165, 1.54) is 16.3 Å². The van der Waals surface area contributed by atoms with Crippen LogP contribution in [-0.4, -0.2) is 11.7 Å². The first-order chi connectivity index (χ1) is 26.7. The van der Waals surface area contributed by atoms with Crippen LogP contribution in [0.3, 0.4) is 0 Å². The Labute approximate surface area is 310 Å². The van der Waals surface area contributed by atoms with Gasteiger partial charge < -0.3 is 14.2 Å². The van der Waals surface area contributed by atoms with E-state index >= 15 is 0 Å². The van der Waals surface area contributed by atoms with Crippen LogP contribution in [0, 0.1) is 0 Å². The van der Waals surface area contributed by atoms with Crippen LogP contribution < -0.4 is 5.32 Å². The number of nitrogens with one attached hydrogen (secondary N) is 1. The molecule has 5 heteroatoms. The number of fused-ring (bicyclic) bond motifs is 7. The van der Waals surface area contributed by atoms with E-state index in [9.17, 15) is 0 Å². The van der Waals surface area contributed by atoms with Crippen molar-refractivity contribution in [1.29, 1.82) is 0 Å². The van der Waals surface area contributed by atoms with E-state index in [-0.39, 0.29) is 0 Å². The van der Waals surface area contributed by atoms with Gasteiger partial charge in [-0.25, -0.2) is 9.98 Å². The molecule has 0 saturated heterocycles. The van der Waals surface area contributed by atoms with Crippen molar-refractivity contribution in [2.45, 2.75) is 6.17 Å². The molecule has 5 nitrogen and oxygen atoms in total. The maximum Gasteiger partial charge on any atom is 0.170 e. The van der Waals surface area contributed by atoms with E-state index in [1.807, 2.05) is 36.4 Å². The van der Waals surface area contributed by atoms with Gasteiger partial charge in [-0.1, -0.05) is 146 Å². The predicted octanol–water partition coefficient (Wildman–Crippen LogP) is 12.5. The summed E-state index contributed by atoms with van der Waals surface area (Å²) in [5.74, 6) is 1.42. The van der Waals surface area contributed by atoms with Gasteiger partial charge in [0.25, 0.3) is 0 Å². The minimum atomic E-state index is -0.583. The molecule has 1 aliphatic heterocycles. The Morgan fingerprint density at radius 1 is 0.407 bits per heavy atom. The van der Waals surface area contributed by atoms with Gasteiger partial charge in [0.2, 0.25) is 0 Å². The van der Waals surface area contributed by atoms with E-state index in [2.05, 4.69) is 145 Å². The number of furan rings is 2. The van der Waals surface area contributed by atoms with Crippen LogP contribution in [0.5, 0.6) is 0 Å². The Morgan fingerprint density at radius 3 is 1.89 bits per heavy atom. The molecule has 1 aliphatic rings. The molecule has 0 bridgehead atoms. The van der Waals surface area contributed by atoms with Gasteiger partial charge in [0.15, 0.2) is 6.17 Å². The molecule has 0 amide bonds. The summed E-state index contributed by atoms with van der Waals surface area (Å²) in [5.41, 5.74) is 10.5. The lowest BCUT2D eigenvalue weighted by Crippen LogP contribution is -2.36. The summed E-state index contributed by atoms with van der Waals surface area (Å²) < 4.78 is 13.1. The van der Waals surface area contributed by atoms with Gasteiger partial charge in [0.1, 0.15) is 34.0 Å². The smallest absolute Gasteiger partial charge is 0.170 e. The molecular weight excluding hydrogens is 663 g/mol. The van der Waals surface area contributed by atoms with Crippen LogP contribution in [0.4, 0.5) is 0 Å². The second-order valence-electron chi connectivity index (χ2n) is 13.7. The first-order valence-corrected chi connectivity index (χ1v) is 18.2. The molecule has 10 aromatic rings. The lowest BCUT2D eigenvalue weighted by molar-refractivity contribution is 0.666. The Balaban J connectivity index is 1.12. The standard InChI is InChI=1S/C49H31N3O2/c1-2-12-30(13-3-1)34-28-41(45-39-18-7-9-23-43(39)53-44(45)29-34)49-51-47(33-26-24-32(25-27-33)36-19-10-15-31-14-4-5-16-35(31)36)50-48(52-49)40-21-11-20-38-37-17-6-8-22-42(37)54-46(38)40/h1-29,49H,(H,50,51,52). The van der Waals surface area contributed by atoms with Crippen molar-refractivity contribution in [3.8, 4) is 22.3 Å². The molecule has 0 fully saturated rings. The molecule has 8 aromatic carbocycles. The molecule has 2 aromatic heterocycles. The van der Waals surface area contributed by atoms with Crippen molar-refractivity contribution >= 4 is 66.3 Å². The highest BCUT2D eigenvalue weighted by Gasteiger charge is 2.27. The van der Waals surface area contributed by atoms with Gasteiger partial charge >= 0.3 is 0 Å². The highest BCUT2D eigenvalue weighted by atomic mass is 16.3. The number of hydrogen-bond donors (Lipinski definition) is 1. The van der Waals surface area contributed by atoms with Crippen molar-refractivity contribution in [3.05, 3.63) is 193 Å². The first kappa shape index (κ1) is 30.4. The zero-order valence-corrected chi connectivity index (χ0v) is 29.0. The fourth-order valence-corrected chi connectivity index (χ4v) is 7.98. The Bertz CT molecular complexity index is 3130. The SMILES string of the molecule is c1ccc(-c2cc(C3N=C(c4ccc(-c5cccc6ccccc56)cc4)NC(c4cccc5c4oc4ccccc45)=N3)c3c(c2)oc2ccccc23)cc1. The van der Waals surface area contributed by atoms with Crippen molar-refractivity contribution in [3.63, 3.8) is 0 Å². The maximum absolute atomic E-state index is 6.54. The van der Waals surface area contributed by atoms with Crippen molar-refractivity contribution in [2.75, 3.05) is 0 Å². The monoisotopic (exact) mass is 693 g/mol. The number of benzene rings is 8. The zero-order chi connectivity index (χ0) is 35.6. The van der Waals surface area contributed by atoms with Crippen LogP contribution in [0.15, 0.2) is 195 Å². The van der Waals surface area contributed by atoms with Gasteiger partial charge in [0.05, 0.1) is 5.56 Å². The Morgan fingerprint density at radius 2 is 1.04 bits per heavy atom. The number of para-hydroxylation sites is 3. The van der Waals surface area contributed by atoms with Crippen LogP contribution in [0.1, 0.15) is 22.9 Å². The Hall–Kier alpha value is -7.24. The fourth-order valence-electron chi connectivity index (χ4n) is 7.98. The summed E-state index contributed by atoms with van der Waals surface area (Å²) in [7, 11) is 0. The van der Waals surface area contributed by atoms with Gasteiger partial charge in [-0.05, 0) is 63.4 Å². The summed E-state index contributed by atoms with van der Waals surface area (Å²) in [6, 6.07) is 61.0. The summed E-state index contributed by atoms with van der Waals surface area (Å²) in [6.45, 7) is 0. The molecule has 1 N–H and O–H groups in total. The average molecular weight is 694 g/mol. The second kappa shape index (κ2) is 12.2. The molecule has 1 atom stereocenters. The number of nitrogens with zero attached hydrogens (tertiary/aromatic N) is 2. The van der Waals surface area contributed by atoms with E-state index in [1.54, 1.807) is 0 Å². The normalized spacial score (nSPS) is 14.5. The van der Waals surface area contributed by atoms with Gasteiger partial charge in [-0.2, -0.15) is 0 Å². The lowest BCUT2D eigenvalue weighted by atomic mass is 9.96. The third kappa shape index (κ3) is 4.94. The predicted molar refractivity (Wildman–Crippen MR) is 221 cm³/mol. The lowest BCUT2D eigenvalue weighted by Gasteiger charge is -2.23. The number of amidine groups is 2. The highest BCUT2D eigenvalue weighted by Crippen LogP contribution is 2.41. The quantitative estimate of drug-likeness (QED) is 0.195. The molecule has 0 saturated carbocycles.